The zero-order valence-electron chi connectivity index (χ0n) is 10.7. The van der Waals surface area contributed by atoms with Crippen LogP contribution in [0.15, 0.2) is 43.0 Å². The van der Waals surface area contributed by atoms with E-state index in [1.807, 2.05) is 25.1 Å². The van der Waals surface area contributed by atoms with Crippen LogP contribution in [0, 0.1) is 0 Å². The van der Waals surface area contributed by atoms with E-state index in [1.165, 1.54) is 10.8 Å². The van der Waals surface area contributed by atoms with E-state index in [4.69, 9.17) is 9.47 Å². The summed E-state index contributed by atoms with van der Waals surface area (Å²) in [6, 6.07) is 12.4. The Labute approximate surface area is 108 Å². The molecule has 0 atom stereocenters. The molecule has 2 nitrogen and oxygen atoms in total. The monoisotopic (exact) mass is 242 g/mol. The quantitative estimate of drug-likeness (QED) is 0.715. The van der Waals surface area contributed by atoms with Crippen LogP contribution in [0.5, 0.6) is 5.75 Å². The summed E-state index contributed by atoms with van der Waals surface area (Å²) in [5, 5.41) is 2.37. The van der Waals surface area contributed by atoms with Crippen LogP contribution in [0.1, 0.15) is 12.5 Å². The van der Waals surface area contributed by atoms with Crippen LogP contribution in [0.4, 0.5) is 0 Å². The van der Waals surface area contributed by atoms with Gasteiger partial charge in [-0.25, -0.2) is 0 Å². The van der Waals surface area contributed by atoms with Crippen molar-refractivity contribution in [1.82, 2.24) is 0 Å². The molecule has 0 aromatic heterocycles. The predicted molar refractivity (Wildman–Crippen MR) is 76.0 cm³/mol. The van der Waals surface area contributed by atoms with Crippen molar-refractivity contribution >= 4 is 16.8 Å². The summed E-state index contributed by atoms with van der Waals surface area (Å²) in [7, 11) is 0. The molecule has 0 bridgehead atoms. The summed E-state index contributed by atoms with van der Waals surface area (Å²) >= 11 is 0. The first-order valence-electron chi connectivity index (χ1n) is 6.20. The van der Waals surface area contributed by atoms with Crippen molar-refractivity contribution in [2.75, 3.05) is 19.8 Å². The third-order valence-electron chi connectivity index (χ3n) is 2.77. The molecule has 2 aromatic carbocycles. The number of fused-ring (bicyclic) bond motifs is 1. The van der Waals surface area contributed by atoms with Crippen molar-refractivity contribution in [1.29, 1.82) is 0 Å². The van der Waals surface area contributed by atoms with Crippen LogP contribution < -0.4 is 4.74 Å². The van der Waals surface area contributed by atoms with E-state index in [9.17, 15) is 0 Å². The molecule has 0 saturated heterocycles. The van der Waals surface area contributed by atoms with Gasteiger partial charge in [-0.15, -0.1) is 0 Å². The first-order valence-corrected chi connectivity index (χ1v) is 6.20. The highest BCUT2D eigenvalue weighted by Crippen LogP contribution is 2.22. The smallest absolute Gasteiger partial charge is 0.120 e. The average molecular weight is 242 g/mol. The lowest BCUT2D eigenvalue weighted by molar-refractivity contribution is 0.110. The van der Waals surface area contributed by atoms with Crippen LogP contribution in [0.2, 0.25) is 0 Å². The van der Waals surface area contributed by atoms with Gasteiger partial charge >= 0.3 is 0 Å². The predicted octanol–water partition coefficient (Wildman–Crippen LogP) is 3.90. The second-order valence-corrected chi connectivity index (χ2v) is 4.02. The molecule has 0 aliphatic rings. The fourth-order valence-corrected chi connectivity index (χ4v) is 1.82. The lowest BCUT2D eigenvalue weighted by atomic mass is 10.1. The summed E-state index contributed by atoms with van der Waals surface area (Å²) < 4.78 is 10.9. The highest BCUT2D eigenvalue weighted by Gasteiger charge is 1.98. The third-order valence-corrected chi connectivity index (χ3v) is 2.77. The molecule has 0 spiro atoms. The Balaban J connectivity index is 2.10. The molecule has 0 unspecified atom stereocenters. The molecule has 2 aromatic rings. The number of rotatable bonds is 6. The fraction of sp³-hybridized carbons (Fsp3) is 0.250. The zero-order chi connectivity index (χ0) is 12.8. The van der Waals surface area contributed by atoms with Gasteiger partial charge in [-0.05, 0) is 41.5 Å². The van der Waals surface area contributed by atoms with E-state index in [0.29, 0.717) is 13.2 Å². The Morgan fingerprint density at radius 2 is 1.83 bits per heavy atom. The molecule has 0 saturated carbocycles. The highest BCUT2D eigenvalue weighted by molar-refractivity contribution is 5.85. The van der Waals surface area contributed by atoms with Crippen molar-refractivity contribution in [2.24, 2.45) is 0 Å². The number of hydrogen-bond acceptors (Lipinski definition) is 2. The molecule has 0 aliphatic heterocycles. The van der Waals surface area contributed by atoms with Gasteiger partial charge in [0.2, 0.25) is 0 Å². The van der Waals surface area contributed by atoms with Gasteiger partial charge in [0.25, 0.3) is 0 Å². The molecule has 0 radical (unpaired) electrons. The standard InChI is InChI=1S/C16H18O2/c1-3-13-5-6-15-12-16(8-7-14(15)11-13)18-10-9-17-4-2/h3,5-8,11-12H,1,4,9-10H2,2H3. The summed E-state index contributed by atoms with van der Waals surface area (Å²) in [6.45, 7) is 7.70. The largest absolute Gasteiger partial charge is 0.491 e. The van der Waals surface area contributed by atoms with Gasteiger partial charge in [-0.1, -0.05) is 30.9 Å². The Bertz CT molecular complexity index is 532. The minimum atomic E-state index is 0.587. The second-order valence-electron chi connectivity index (χ2n) is 4.02. The van der Waals surface area contributed by atoms with Gasteiger partial charge in [0.1, 0.15) is 12.4 Å². The normalized spacial score (nSPS) is 10.5. The highest BCUT2D eigenvalue weighted by atomic mass is 16.5. The van der Waals surface area contributed by atoms with Crippen molar-refractivity contribution in [2.45, 2.75) is 6.92 Å². The van der Waals surface area contributed by atoms with Crippen molar-refractivity contribution < 1.29 is 9.47 Å². The topological polar surface area (TPSA) is 18.5 Å². The average Bonchev–Trinajstić information content (AvgIpc) is 2.43. The summed E-state index contributed by atoms with van der Waals surface area (Å²) in [6.07, 6.45) is 1.85. The van der Waals surface area contributed by atoms with Gasteiger partial charge in [0.15, 0.2) is 0 Å². The Morgan fingerprint density at radius 3 is 2.61 bits per heavy atom. The molecular formula is C16H18O2. The SMILES string of the molecule is C=Cc1ccc2cc(OCCOCC)ccc2c1. The van der Waals surface area contributed by atoms with Crippen LogP contribution >= 0.6 is 0 Å². The van der Waals surface area contributed by atoms with Crippen LogP contribution in [0.25, 0.3) is 16.8 Å². The summed E-state index contributed by atoms with van der Waals surface area (Å²) in [5.74, 6) is 0.883. The molecule has 94 valence electrons. The first-order chi connectivity index (χ1) is 8.83. The van der Waals surface area contributed by atoms with Crippen LogP contribution in [-0.4, -0.2) is 19.8 Å². The first kappa shape index (κ1) is 12.7. The lowest BCUT2D eigenvalue weighted by Crippen LogP contribution is -2.06. The number of hydrogen-bond donors (Lipinski definition) is 0. The molecule has 18 heavy (non-hydrogen) atoms. The maximum Gasteiger partial charge on any atom is 0.120 e. The summed E-state index contributed by atoms with van der Waals surface area (Å²) in [5.41, 5.74) is 1.13. The Kier molecular flexibility index (Phi) is 4.37. The lowest BCUT2D eigenvalue weighted by Gasteiger charge is -2.07. The Hall–Kier alpha value is -1.80. The minimum absolute atomic E-state index is 0.587. The maximum atomic E-state index is 5.63. The van der Waals surface area contributed by atoms with Gasteiger partial charge in [-0.2, -0.15) is 0 Å². The maximum absolute atomic E-state index is 5.63. The van der Waals surface area contributed by atoms with Gasteiger partial charge < -0.3 is 9.47 Å². The van der Waals surface area contributed by atoms with Crippen molar-refractivity contribution in [3.63, 3.8) is 0 Å². The van der Waals surface area contributed by atoms with Crippen LogP contribution in [0.3, 0.4) is 0 Å². The number of ether oxygens (including phenoxy) is 2. The van der Waals surface area contributed by atoms with Crippen molar-refractivity contribution in [3.05, 3.63) is 48.5 Å². The Morgan fingerprint density at radius 1 is 1.06 bits per heavy atom. The van der Waals surface area contributed by atoms with Crippen LogP contribution in [-0.2, 0) is 4.74 Å². The second kappa shape index (κ2) is 6.22. The molecule has 2 rings (SSSR count). The summed E-state index contributed by atoms with van der Waals surface area (Å²) in [4.78, 5) is 0. The number of benzene rings is 2. The van der Waals surface area contributed by atoms with Crippen molar-refractivity contribution in [3.8, 4) is 5.75 Å². The fourth-order valence-electron chi connectivity index (χ4n) is 1.82. The van der Waals surface area contributed by atoms with E-state index in [1.54, 1.807) is 0 Å². The van der Waals surface area contributed by atoms with Gasteiger partial charge in [0, 0.05) is 6.61 Å². The minimum Gasteiger partial charge on any atom is -0.491 e. The molecular weight excluding hydrogens is 224 g/mol. The molecule has 0 fully saturated rings. The molecule has 0 amide bonds. The van der Waals surface area contributed by atoms with E-state index >= 15 is 0 Å². The molecule has 0 aliphatic carbocycles. The molecule has 0 heterocycles. The van der Waals surface area contributed by atoms with Gasteiger partial charge in [-0.3, -0.25) is 0 Å². The van der Waals surface area contributed by atoms with Gasteiger partial charge in [0.05, 0.1) is 6.61 Å². The van der Waals surface area contributed by atoms with E-state index in [-0.39, 0.29) is 0 Å². The third kappa shape index (κ3) is 3.11. The van der Waals surface area contributed by atoms with E-state index in [2.05, 4.69) is 30.8 Å². The van der Waals surface area contributed by atoms with E-state index < -0.39 is 0 Å². The van der Waals surface area contributed by atoms with E-state index in [0.717, 1.165) is 17.9 Å². The molecule has 0 N–H and O–H groups in total. The zero-order valence-corrected chi connectivity index (χ0v) is 10.7. The molecule has 2 heteroatoms.